The molecule has 4 aromatic rings. The molecule has 0 unspecified atom stereocenters. The average molecular weight is 405 g/mol. The highest BCUT2D eigenvalue weighted by atomic mass is 35.5. The van der Waals surface area contributed by atoms with Crippen LogP contribution in [0, 0.1) is 0 Å². The quantitative estimate of drug-likeness (QED) is 0.468. The van der Waals surface area contributed by atoms with E-state index < -0.39 is 0 Å². The number of pyridine rings is 1. The predicted octanol–water partition coefficient (Wildman–Crippen LogP) is 4.50. The Kier molecular flexibility index (Phi) is 5.01. The molecule has 2 amide bonds. The van der Waals surface area contributed by atoms with Gasteiger partial charge in [0.25, 0.3) is 11.8 Å². The third kappa shape index (κ3) is 3.58. The minimum atomic E-state index is -0.286. The Morgan fingerprint density at radius 1 is 0.966 bits per heavy atom. The molecule has 0 aliphatic rings. The number of fused-ring (bicyclic) bond motifs is 1. The van der Waals surface area contributed by atoms with Crippen molar-refractivity contribution in [3.05, 3.63) is 83.1 Å². The summed E-state index contributed by atoms with van der Waals surface area (Å²) >= 11 is 6.09. The summed E-state index contributed by atoms with van der Waals surface area (Å²) in [6.45, 7) is 0. The second-order valence-corrected chi connectivity index (χ2v) is 6.78. The topological polar surface area (TPSA) is 86.9 Å². The number of hydrogen-bond acceptors (Lipinski definition) is 3. The van der Waals surface area contributed by atoms with E-state index in [0.29, 0.717) is 27.5 Å². The summed E-state index contributed by atoms with van der Waals surface area (Å²) in [6, 6.07) is 16.0. The Bertz CT molecular complexity index is 1220. The number of aromatic amines is 1. The fourth-order valence-electron chi connectivity index (χ4n) is 3.19. The van der Waals surface area contributed by atoms with Gasteiger partial charge in [-0.05, 0) is 35.9 Å². The lowest BCUT2D eigenvalue weighted by molar-refractivity contribution is 0.0962. The van der Waals surface area contributed by atoms with Crippen molar-refractivity contribution < 1.29 is 9.59 Å². The highest BCUT2D eigenvalue weighted by Crippen LogP contribution is 2.31. The summed E-state index contributed by atoms with van der Waals surface area (Å²) in [6.07, 6.45) is 3.34. The largest absolute Gasteiger partial charge is 0.355 e. The second kappa shape index (κ2) is 7.77. The first kappa shape index (κ1) is 18.7. The second-order valence-electron chi connectivity index (χ2n) is 6.38. The van der Waals surface area contributed by atoms with Gasteiger partial charge in [0.2, 0.25) is 0 Å². The molecule has 2 heterocycles. The van der Waals surface area contributed by atoms with E-state index >= 15 is 0 Å². The van der Waals surface area contributed by atoms with Crippen molar-refractivity contribution in [1.29, 1.82) is 0 Å². The van der Waals surface area contributed by atoms with Gasteiger partial charge in [0.1, 0.15) is 5.65 Å². The lowest BCUT2D eigenvalue weighted by Gasteiger charge is -2.11. The van der Waals surface area contributed by atoms with E-state index in [-0.39, 0.29) is 11.8 Å². The summed E-state index contributed by atoms with van der Waals surface area (Å²) in [5.74, 6) is -0.502. The van der Waals surface area contributed by atoms with Gasteiger partial charge in [0, 0.05) is 36.1 Å². The molecular weight excluding hydrogens is 388 g/mol. The van der Waals surface area contributed by atoms with Gasteiger partial charge in [-0.2, -0.15) is 0 Å². The number of aromatic nitrogens is 2. The van der Waals surface area contributed by atoms with E-state index in [0.717, 1.165) is 16.5 Å². The smallest absolute Gasteiger partial charge is 0.257 e. The molecule has 0 bridgehead atoms. The number of hydrogen-bond donors (Lipinski definition) is 3. The molecular formula is C22H17ClN4O2. The number of nitrogens with zero attached hydrogens (tertiary/aromatic N) is 1. The van der Waals surface area contributed by atoms with Crippen LogP contribution in [0.2, 0.25) is 5.02 Å². The van der Waals surface area contributed by atoms with Crippen molar-refractivity contribution in [3.63, 3.8) is 0 Å². The van der Waals surface area contributed by atoms with E-state index in [1.165, 1.54) is 0 Å². The minimum Gasteiger partial charge on any atom is -0.355 e. The molecule has 7 heteroatoms. The number of carbonyl (C=O) groups excluding carboxylic acids is 2. The van der Waals surface area contributed by atoms with Gasteiger partial charge in [-0.15, -0.1) is 0 Å². The highest BCUT2D eigenvalue weighted by Gasteiger charge is 2.17. The van der Waals surface area contributed by atoms with Crippen molar-refractivity contribution in [3.8, 4) is 11.1 Å². The van der Waals surface area contributed by atoms with Crippen LogP contribution in [0.4, 0.5) is 5.69 Å². The zero-order valence-electron chi connectivity index (χ0n) is 15.5. The standard InChI is InChI=1S/C22H17ClN4O2/c1-24-21(28)17-12-26-20-16(10-11-25-20)19(17)13-6-8-14(9-7-13)27-22(29)15-4-2-3-5-18(15)23/h2-12H,1H3,(H,24,28)(H,25,26)(H,27,29). The molecule has 2 aromatic carbocycles. The molecule has 0 atom stereocenters. The fraction of sp³-hybridized carbons (Fsp3) is 0.0455. The Balaban J connectivity index is 1.68. The zero-order valence-corrected chi connectivity index (χ0v) is 16.2. The van der Waals surface area contributed by atoms with Crippen LogP contribution in [0.15, 0.2) is 67.0 Å². The number of anilines is 1. The average Bonchev–Trinajstić information content (AvgIpc) is 3.22. The SMILES string of the molecule is CNC(=O)c1cnc2[nH]ccc2c1-c1ccc(NC(=O)c2ccccc2Cl)cc1. The molecule has 0 spiro atoms. The summed E-state index contributed by atoms with van der Waals surface area (Å²) in [7, 11) is 1.58. The molecule has 2 aromatic heterocycles. The molecule has 0 aliphatic heterocycles. The normalized spacial score (nSPS) is 10.7. The molecule has 4 rings (SSSR count). The summed E-state index contributed by atoms with van der Waals surface area (Å²) in [5.41, 5.74) is 3.82. The molecule has 29 heavy (non-hydrogen) atoms. The van der Waals surface area contributed by atoms with Crippen LogP contribution in [-0.4, -0.2) is 28.8 Å². The molecule has 6 nitrogen and oxygen atoms in total. The van der Waals surface area contributed by atoms with Crippen LogP contribution >= 0.6 is 11.6 Å². The van der Waals surface area contributed by atoms with E-state index in [1.54, 1.807) is 55.8 Å². The van der Waals surface area contributed by atoms with E-state index in [2.05, 4.69) is 20.6 Å². The Morgan fingerprint density at radius 3 is 2.45 bits per heavy atom. The van der Waals surface area contributed by atoms with E-state index in [9.17, 15) is 9.59 Å². The maximum Gasteiger partial charge on any atom is 0.257 e. The maximum atomic E-state index is 12.5. The van der Waals surface area contributed by atoms with Gasteiger partial charge in [0.15, 0.2) is 0 Å². The first-order chi connectivity index (χ1) is 14.1. The van der Waals surface area contributed by atoms with Gasteiger partial charge in [-0.3, -0.25) is 9.59 Å². The molecule has 0 aliphatic carbocycles. The summed E-state index contributed by atoms with van der Waals surface area (Å²) < 4.78 is 0. The van der Waals surface area contributed by atoms with Crippen LogP contribution in [0.1, 0.15) is 20.7 Å². The molecule has 0 saturated heterocycles. The zero-order chi connectivity index (χ0) is 20.4. The Hall–Kier alpha value is -3.64. The molecule has 144 valence electrons. The Morgan fingerprint density at radius 2 is 1.72 bits per heavy atom. The van der Waals surface area contributed by atoms with Gasteiger partial charge in [0.05, 0.1) is 16.1 Å². The van der Waals surface area contributed by atoms with Crippen molar-refractivity contribution >= 4 is 40.1 Å². The predicted molar refractivity (Wildman–Crippen MR) is 114 cm³/mol. The maximum absolute atomic E-state index is 12.5. The van der Waals surface area contributed by atoms with Crippen molar-refractivity contribution in [2.45, 2.75) is 0 Å². The van der Waals surface area contributed by atoms with Crippen LogP contribution in [0.25, 0.3) is 22.2 Å². The van der Waals surface area contributed by atoms with Crippen molar-refractivity contribution in [1.82, 2.24) is 15.3 Å². The van der Waals surface area contributed by atoms with Gasteiger partial charge in [-0.1, -0.05) is 35.9 Å². The molecule has 0 saturated carbocycles. The van der Waals surface area contributed by atoms with Crippen LogP contribution in [0.5, 0.6) is 0 Å². The Labute approximate surface area is 171 Å². The third-order valence-electron chi connectivity index (χ3n) is 4.61. The number of halogens is 1. The molecule has 3 N–H and O–H groups in total. The van der Waals surface area contributed by atoms with Crippen LogP contribution in [-0.2, 0) is 0 Å². The fourth-order valence-corrected chi connectivity index (χ4v) is 3.41. The monoisotopic (exact) mass is 404 g/mol. The van der Waals surface area contributed by atoms with Gasteiger partial charge < -0.3 is 15.6 Å². The number of amides is 2. The van der Waals surface area contributed by atoms with Gasteiger partial charge in [-0.25, -0.2) is 4.98 Å². The highest BCUT2D eigenvalue weighted by molar-refractivity contribution is 6.34. The lowest BCUT2D eigenvalue weighted by atomic mass is 9.97. The van der Waals surface area contributed by atoms with Crippen molar-refractivity contribution in [2.75, 3.05) is 12.4 Å². The lowest BCUT2D eigenvalue weighted by Crippen LogP contribution is -2.19. The van der Waals surface area contributed by atoms with E-state index in [4.69, 9.17) is 11.6 Å². The van der Waals surface area contributed by atoms with Gasteiger partial charge >= 0.3 is 0 Å². The number of carbonyl (C=O) groups is 2. The molecule has 0 radical (unpaired) electrons. The summed E-state index contributed by atoms with van der Waals surface area (Å²) in [4.78, 5) is 32.2. The van der Waals surface area contributed by atoms with E-state index in [1.807, 2.05) is 18.2 Å². The minimum absolute atomic E-state index is 0.216. The van der Waals surface area contributed by atoms with Crippen LogP contribution < -0.4 is 10.6 Å². The molecule has 0 fully saturated rings. The first-order valence-electron chi connectivity index (χ1n) is 8.93. The van der Waals surface area contributed by atoms with Crippen molar-refractivity contribution in [2.24, 2.45) is 0 Å². The number of H-pyrrole nitrogens is 1. The number of nitrogens with one attached hydrogen (secondary N) is 3. The summed E-state index contributed by atoms with van der Waals surface area (Å²) in [5, 5.41) is 6.73. The third-order valence-corrected chi connectivity index (χ3v) is 4.94. The number of benzene rings is 2. The first-order valence-corrected chi connectivity index (χ1v) is 9.31. The number of rotatable bonds is 4. The van der Waals surface area contributed by atoms with Crippen LogP contribution in [0.3, 0.4) is 0 Å².